The van der Waals surface area contributed by atoms with Gasteiger partial charge in [0.2, 0.25) is 0 Å². The van der Waals surface area contributed by atoms with Gasteiger partial charge in [-0.05, 0) is 13.3 Å². The fourth-order valence-corrected chi connectivity index (χ4v) is 1.00. The SMILES string of the molecule is C/C=C/CCNC(=O)c1[nH]ncc1N. The summed E-state index contributed by atoms with van der Waals surface area (Å²) in [7, 11) is 0. The second kappa shape index (κ2) is 5.06. The van der Waals surface area contributed by atoms with Crippen LogP contribution in [0.15, 0.2) is 18.3 Å². The van der Waals surface area contributed by atoms with Crippen LogP contribution in [0.3, 0.4) is 0 Å². The van der Waals surface area contributed by atoms with Gasteiger partial charge < -0.3 is 11.1 Å². The third-order valence-corrected chi connectivity index (χ3v) is 1.73. The molecule has 0 unspecified atom stereocenters. The van der Waals surface area contributed by atoms with Gasteiger partial charge in [0, 0.05) is 6.54 Å². The van der Waals surface area contributed by atoms with E-state index in [4.69, 9.17) is 5.73 Å². The fraction of sp³-hybridized carbons (Fsp3) is 0.333. The molecule has 1 amide bonds. The maximum absolute atomic E-state index is 11.4. The highest BCUT2D eigenvalue weighted by atomic mass is 16.1. The van der Waals surface area contributed by atoms with E-state index in [1.54, 1.807) is 0 Å². The van der Waals surface area contributed by atoms with E-state index in [9.17, 15) is 4.79 Å². The van der Waals surface area contributed by atoms with Crippen LogP contribution in [0.4, 0.5) is 5.69 Å². The van der Waals surface area contributed by atoms with Crippen LogP contribution in [0.2, 0.25) is 0 Å². The standard InChI is InChI=1S/C9H14N4O/c1-2-3-4-5-11-9(14)8-7(10)6-12-13-8/h2-3,6H,4-5,10H2,1H3,(H,11,14)(H,12,13)/b3-2+. The monoisotopic (exact) mass is 194 g/mol. The average molecular weight is 194 g/mol. The number of nitrogen functional groups attached to an aromatic ring is 1. The van der Waals surface area contributed by atoms with Crippen LogP contribution < -0.4 is 11.1 Å². The average Bonchev–Trinajstić information content (AvgIpc) is 2.59. The molecule has 0 saturated heterocycles. The number of allylic oxidation sites excluding steroid dienone is 1. The number of nitrogens with zero attached hydrogens (tertiary/aromatic N) is 1. The maximum atomic E-state index is 11.4. The minimum absolute atomic E-state index is 0.218. The van der Waals surface area contributed by atoms with Crippen molar-refractivity contribution in [2.45, 2.75) is 13.3 Å². The van der Waals surface area contributed by atoms with Crippen molar-refractivity contribution in [3.63, 3.8) is 0 Å². The second-order valence-corrected chi connectivity index (χ2v) is 2.81. The number of H-pyrrole nitrogens is 1. The van der Waals surface area contributed by atoms with Gasteiger partial charge in [-0.25, -0.2) is 0 Å². The summed E-state index contributed by atoms with van der Waals surface area (Å²) in [6.07, 6.45) is 6.16. The van der Waals surface area contributed by atoms with E-state index in [1.165, 1.54) is 6.20 Å². The topological polar surface area (TPSA) is 83.8 Å². The number of aromatic amines is 1. The summed E-state index contributed by atoms with van der Waals surface area (Å²) in [4.78, 5) is 11.4. The number of hydrogen-bond donors (Lipinski definition) is 3. The molecule has 1 aromatic heterocycles. The summed E-state index contributed by atoms with van der Waals surface area (Å²) in [5, 5.41) is 8.92. The normalized spacial score (nSPS) is 10.6. The molecule has 0 spiro atoms. The summed E-state index contributed by atoms with van der Waals surface area (Å²) in [5.74, 6) is -0.218. The van der Waals surface area contributed by atoms with E-state index in [0.717, 1.165) is 6.42 Å². The Hall–Kier alpha value is -1.78. The van der Waals surface area contributed by atoms with Crippen molar-refractivity contribution in [3.05, 3.63) is 24.0 Å². The lowest BCUT2D eigenvalue weighted by Crippen LogP contribution is -2.25. The van der Waals surface area contributed by atoms with Gasteiger partial charge in [-0.2, -0.15) is 5.10 Å². The summed E-state index contributed by atoms with van der Waals surface area (Å²) in [6.45, 7) is 2.54. The van der Waals surface area contributed by atoms with Gasteiger partial charge in [-0.3, -0.25) is 9.89 Å². The quantitative estimate of drug-likeness (QED) is 0.487. The molecule has 0 aromatic carbocycles. The minimum Gasteiger partial charge on any atom is -0.396 e. The van der Waals surface area contributed by atoms with Gasteiger partial charge in [0.15, 0.2) is 0 Å². The highest BCUT2D eigenvalue weighted by Crippen LogP contribution is 2.04. The van der Waals surface area contributed by atoms with Crippen molar-refractivity contribution < 1.29 is 4.79 Å². The first kappa shape index (κ1) is 10.3. The van der Waals surface area contributed by atoms with E-state index in [0.29, 0.717) is 17.9 Å². The molecule has 0 saturated carbocycles. The van der Waals surface area contributed by atoms with Crippen LogP contribution in [-0.4, -0.2) is 22.6 Å². The van der Waals surface area contributed by atoms with Crippen molar-refractivity contribution in [2.24, 2.45) is 0 Å². The Bertz CT molecular complexity index is 329. The van der Waals surface area contributed by atoms with Crippen molar-refractivity contribution in [2.75, 3.05) is 12.3 Å². The third-order valence-electron chi connectivity index (χ3n) is 1.73. The fourth-order valence-electron chi connectivity index (χ4n) is 1.00. The first-order chi connectivity index (χ1) is 6.75. The molecule has 14 heavy (non-hydrogen) atoms. The molecule has 0 fully saturated rings. The van der Waals surface area contributed by atoms with Crippen LogP contribution in [-0.2, 0) is 0 Å². The van der Waals surface area contributed by atoms with Gasteiger partial charge in [0.05, 0.1) is 11.9 Å². The maximum Gasteiger partial charge on any atom is 0.271 e. The Morgan fingerprint density at radius 3 is 3.14 bits per heavy atom. The largest absolute Gasteiger partial charge is 0.396 e. The predicted octanol–water partition coefficient (Wildman–Crippen LogP) is 0.688. The van der Waals surface area contributed by atoms with Crippen molar-refractivity contribution >= 4 is 11.6 Å². The molecule has 1 aromatic rings. The van der Waals surface area contributed by atoms with E-state index >= 15 is 0 Å². The molecule has 0 aliphatic rings. The lowest BCUT2D eigenvalue weighted by molar-refractivity contribution is 0.0950. The van der Waals surface area contributed by atoms with Gasteiger partial charge in [-0.1, -0.05) is 12.2 Å². The first-order valence-corrected chi connectivity index (χ1v) is 4.44. The Kier molecular flexibility index (Phi) is 3.72. The van der Waals surface area contributed by atoms with Gasteiger partial charge in [0.25, 0.3) is 5.91 Å². The van der Waals surface area contributed by atoms with E-state index < -0.39 is 0 Å². The Morgan fingerprint density at radius 2 is 2.57 bits per heavy atom. The van der Waals surface area contributed by atoms with Crippen LogP contribution >= 0.6 is 0 Å². The molecule has 0 bridgehead atoms. The second-order valence-electron chi connectivity index (χ2n) is 2.81. The minimum atomic E-state index is -0.218. The molecule has 4 N–H and O–H groups in total. The number of hydrogen-bond acceptors (Lipinski definition) is 3. The Balaban J connectivity index is 2.40. The number of nitrogens with two attached hydrogens (primary N) is 1. The van der Waals surface area contributed by atoms with Crippen LogP contribution in [0.5, 0.6) is 0 Å². The summed E-state index contributed by atoms with van der Waals surface area (Å²) in [5.41, 5.74) is 6.20. The number of amides is 1. The lowest BCUT2D eigenvalue weighted by Gasteiger charge is -2.01. The summed E-state index contributed by atoms with van der Waals surface area (Å²) >= 11 is 0. The first-order valence-electron chi connectivity index (χ1n) is 4.44. The number of rotatable bonds is 4. The molecule has 1 rings (SSSR count). The van der Waals surface area contributed by atoms with E-state index in [1.807, 2.05) is 19.1 Å². The number of carbonyl (C=O) groups excluding carboxylic acids is 1. The molecule has 5 heteroatoms. The Morgan fingerprint density at radius 1 is 1.79 bits per heavy atom. The number of carbonyl (C=O) groups is 1. The molecular formula is C9H14N4O. The van der Waals surface area contributed by atoms with Gasteiger partial charge in [0.1, 0.15) is 5.69 Å². The van der Waals surface area contributed by atoms with Crippen molar-refractivity contribution in [3.8, 4) is 0 Å². The van der Waals surface area contributed by atoms with Crippen molar-refractivity contribution in [1.29, 1.82) is 0 Å². The van der Waals surface area contributed by atoms with Crippen LogP contribution in [0.1, 0.15) is 23.8 Å². The zero-order valence-electron chi connectivity index (χ0n) is 8.08. The molecule has 0 aliphatic heterocycles. The molecule has 76 valence electrons. The predicted molar refractivity (Wildman–Crippen MR) is 54.8 cm³/mol. The molecule has 0 radical (unpaired) electrons. The molecule has 5 nitrogen and oxygen atoms in total. The lowest BCUT2D eigenvalue weighted by atomic mass is 10.3. The molecular weight excluding hydrogens is 180 g/mol. The van der Waals surface area contributed by atoms with Gasteiger partial charge >= 0.3 is 0 Å². The molecule has 0 atom stereocenters. The smallest absolute Gasteiger partial charge is 0.271 e. The molecule has 0 aliphatic carbocycles. The third kappa shape index (κ3) is 2.62. The highest BCUT2D eigenvalue weighted by molar-refractivity contribution is 5.96. The van der Waals surface area contributed by atoms with Crippen LogP contribution in [0, 0.1) is 0 Å². The molecule has 1 heterocycles. The number of nitrogens with one attached hydrogen (secondary N) is 2. The van der Waals surface area contributed by atoms with Gasteiger partial charge in [-0.15, -0.1) is 0 Å². The summed E-state index contributed by atoms with van der Waals surface area (Å²) in [6, 6.07) is 0. The van der Waals surface area contributed by atoms with Crippen LogP contribution in [0.25, 0.3) is 0 Å². The van der Waals surface area contributed by atoms with E-state index in [-0.39, 0.29) is 5.91 Å². The zero-order valence-corrected chi connectivity index (χ0v) is 8.08. The van der Waals surface area contributed by atoms with Crippen molar-refractivity contribution in [1.82, 2.24) is 15.5 Å². The number of anilines is 1. The van der Waals surface area contributed by atoms with E-state index in [2.05, 4.69) is 15.5 Å². The highest BCUT2D eigenvalue weighted by Gasteiger charge is 2.09. The summed E-state index contributed by atoms with van der Waals surface area (Å²) < 4.78 is 0. The zero-order chi connectivity index (χ0) is 10.4. The Labute approximate surface area is 82.4 Å². The number of aromatic nitrogens is 2.